The highest BCUT2D eigenvalue weighted by Crippen LogP contribution is 2.36. The van der Waals surface area contributed by atoms with Crippen LogP contribution in [-0.2, 0) is 4.74 Å². The maximum absolute atomic E-state index is 12.2. The second-order valence-electron chi connectivity index (χ2n) is 6.84. The van der Waals surface area contributed by atoms with Crippen LogP contribution < -0.4 is 16.0 Å². The average molecular weight is 370 g/mol. The van der Waals surface area contributed by atoms with Gasteiger partial charge >= 0.3 is 6.09 Å². The number of ether oxygens (including phenoxy) is 1. The van der Waals surface area contributed by atoms with Crippen LogP contribution in [0.1, 0.15) is 47.8 Å². The largest absolute Gasteiger partial charge is 0.446 e. The highest BCUT2D eigenvalue weighted by Gasteiger charge is 2.30. The number of nitrogens with one attached hydrogen (secondary N) is 4. The molecule has 0 spiro atoms. The molecule has 9 heteroatoms. The van der Waals surface area contributed by atoms with Crippen molar-refractivity contribution in [3.05, 3.63) is 35.8 Å². The Morgan fingerprint density at radius 3 is 2.93 bits per heavy atom. The summed E-state index contributed by atoms with van der Waals surface area (Å²) in [5.41, 5.74) is 2.08. The van der Waals surface area contributed by atoms with Gasteiger partial charge in [-0.05, 0) is 37.8 Å². The number of alkyl carbamates (subject to hydrolysis) is 1. The number of rotatable bonds is 0. The van der Waals surface area contributed by atoms with E-state index in [-0.39, 0.29) is 17.9 Å². The third-order valence-corrected chi connectivity index (χ3v) is 4.87. The first-order chi connectivity index (χ1) is 13.2. The number of hydrogen-bond acceptors (Lipinski definition) is 6. The average Bonchev–Trinajstić information content (AvgIpc) is 3.30. The molecule has 2 amide bonds. The molecule has 0 saturated heterocycles. The molecule has 2 aromatic rings. The van der Waals surface area contributed by atoms with Gasteiger partial charge in [0.2, 0.25) is 0 Å². The molecule has 4 rings (SSSR count). The number of carbonyl (C=O) groups is 2. The Bertz CT molecular complexity index is 836. The van der Waals surface area contributed by atoms with E-state index in [1.807, 2.05) is 6.07 Å². The fraction of sp³-hybridized carbons (Fsp3) is 0.444. The quantitative estimate of drug-likeness (QED) is 0.563. The van der Waals surface area contributed by atoms with Gasteiger partial charge in [0.1, 0.15) is 11.8 Å². The van der Waals surface area contributed by atoms with E-state index >= 15 is 0 Å². The maximum atomic E-state index is 12.2. The van der Waals surface area contributed by atoms with Crippen molar-refractivity contribution < 1.29 is 14.3 Å². The van der Waals surface area contributed by atoms with Crippen LogP contribution in [0.15, 0.2) is 24.4 Å². The summed E-state index contributed by atoms with van der Waals surface area (Å²) in [6.45, 7) is 0.876. The van der Waals surface area contributed by atoms with E-state index in [9.17, 15) is 9.59 Å². The van der Waals surface area contributed by atoms with E-state index < -0.39 is 6.09 Å². The Labute approximate surface area is 156 Å². The number of pyridine rings is 1. The van der Waals surface area contributed by atoms with Crippen LogP contribution in [0.3, 0.4) is 0 Å². The summed E-state index contributed by atoms with van der Waals surface area (Å²) in [4.78, 5) is 28.2. The number of amides is 2. The van der Waals surface area contributed by atoms with Crippen LogP contribution >= 0.6 is 0 Å². The summed E-state index contributed by atoms with van der Waals surface area (Å²) in [5, 5.41) is 16.1. The van der Waals surface area contributed by atoms with Crippen molar-refractivity contribution in [3.8, 4) is 0 Å². The molecule has 2 aliphatic rings. The Hall–Kier alpha value is -3.10. The number of carbonyl (C=O) groups excluding carboxylic acids is 2. The summed E-state index contributed by atoms with van der Waals surface area (Å²) in [5.74, 6) is 0.692. The van der Waals surface area contributed by atoms with E-state index in [1.54, 1.807) is 18.3 Å². The van der Waals surface area contributed by atoms with Crippen molar-refractivity contribution in [1.82, 2.24) is 25.8 Å². The Kier molecular flexibility index (Phi) is 4.91. The SMILES string of the molecule is O=C1NCCCNC(=O)c2cc(ccn2)Nc2cc([nH]n2)C2CC[C@H](C2)O1. The molecular formula is C18H22N6O3. The molecule has 9 nitrogen and oxygen atoms in total. The van der Waals surface area contributed by atoms with Crippen molar-refractivity contribution in [2.75, 3.05) is 18.4 Å². The molecule has 6 bridgehead atoms. The molecule has 4 N–H and O–H groups in total. The zero-order valence-corrected chi connectivity index (χ0v) is 14.8. The summed E-state index contributed by atoms with van der Waals surface area (Å²) in [6, 6.07) is 5.43. The fourth-order valence-electron chi connectivity index (χ4n) is 3.48. The van der Waals surface area contributed by atoms with Crippen LogP contribution in [0.5, 0.6) is 0 Å². The Balaban J connectivity index is 1.55. The van der Waals surface area contributed by atoms with Gasteiger partial charge in [-0.3, -0.25) is 14.9 Å². The van der Waals surface area contributed by atoms with Crippen LogP contribution in [0.25, 0.3) is 0 Å². The van der Waals surface area contributed by atoms with Gasteiger partial charge in [-0.25, -0.2) is 4.79 Å². The van der Waals surface area contributed by atoms with Gasteiger partial charge in [0.25, 0.3) is 5.91 Å². The molecular weight excluding hydrogens is 348 g/mol. The predicted molar refractivity (Wildman–Crippen MR) is 97.9 cm³/mol. The minimum Gasteiger partial charge on any atom is -0.446 e. The lowest BCUT2D eigenvalue weighted by molar-refractivity contribution is 0.0948. The number of aromatic amines is 1. The van der Waals surface area contributed by atoms with Gasteiger partial charge in [0.15, 0.2) is 5.82 Å². The van der Waals surface area contributed by atoms with Gasteiger partial charge in [0, 0.05) is 42.7 Å². The molecule has 2 aromatic heterocycles. The van der Waals surface area contributed by atoms with E-state index in [4.69, 9.17) is 4.74 Å². The Morgan fingerprint density at radius 1 is 1.11 bits per heavy atom. The van der Waals surface area contributed by atoms with Crippen molar-refractivity contribution in [2.24, 2.45) is 0 Å². The molecule has 27 heavy (non-hydrogen) atoms. The minimum atomic E-state index is -0.408. The normalized spacial score (nSPS) is 23.3. The van der Waals surface area contributed by atoms with Gasteiger partial charge in [-0.15, -0.1) is 0 Å². The maximum Gasteiger partial charge on any atom is 0.407 e. The highest BCUT2D eigenvalue weighted by atomic mass is 16.6. The first kappa shape index (κ1) is 17.3. The standard InChI is InChI=1S/C18H22N6O3/c25-17-15-9-12(4-7-19-15)22-16-10-14(23-24-16)11-2-3-13(8-11)27-18(26)21-6-1-5-20-17/h4,7,9-11,13H,1-3,5-6,8H2,(H,20,25)(H,21,26)(H2,22,23,24)/t11?,13-/m1/s1. The fourth-order valence-corrected chi connectivity index (χ4v) is 3.48. The third-order valence-electron chi connectivity index (χ3n) is 4.87. The molecule has 1 saturated carbocycles. The van der Waals surface area contributed by atoms with Crippen molar-refractivity contribution in [2.45, 2.75) is 37.7 Å². The Morgan fingerprint density at radius 2 is 2.00 bits per heavy atom. The lowest BCUT2D eigenvalue weighted by Crippen LogP contribution is -2.32. The lowest BCUT2D eigenvalue weighted by Gasteiger charge is -2.13. The topological polar surface area (TPSA) is 121 Å². The molecule has 1 aliphatic heterocycles. The second kappa shape index (κ2) is 7.65. The van der Waals surface area contributed by atoms with Crippen LogP contribution in [0, 0.1) is 0 Å². The minimum absolute atomic E-state index is 0.0870. The van der Waals surface area contributed by atoms with Crippen molar-refractivity contribution in [1.29, 1.82) is 0 Å². The molecule has 1 aliphatic carbocycles. The van der Waals surface area contributed by atoms with Crippen molar-refractivity contribution >= 4 is 23.5 Å². The smallest absolute Gasteiger partial charge is 0.407 e. The number of aromatic nitrogens is 3. The first-order valence-corrected chi connectivity index (χ1v) is 9.18. The number of fused-ring (bicyclic) bond motifs is 7. The number of anilines is 2. The van der Waals surface area contributed by atoms with E-state index in [2.05, 4.69) is 31.1 Å². The van der Waals surface area contributed by atoms with E-state index in [1.165, 1.54) is 0 Å². The van der Waals surface area contributed by atoms with Gasteiger partial charge in [-0.2, -0.15) is 5.10 Å². The van der Waals surface area contributed by atoms with Gasteiger partial charge in [0.05, 0.1) is 0 Å². The van der Waals surface area contributed by atoms with Gasteiger partial charge in [-0.1, -0.05) is 0 Å². The summed E-state index contributed by atoms with van der Waals surface area (Å²) in [6.07, 6.45) is 4.26. The zero-order valence-electron chi connectivity index (χ0n) is 14.8. The van der Waals surface area contributed by atoms with Gasteiger partial charge < -0.3 is 20.7 Å². The van der Waals surface area contributed by atoms with Crippen LogP contribution in [0.4, 0.5) is 16.3 Å². The second-order valence-corrected chi connectivity index (χ2v) is 6.84. The zero-order chi connectivity index (χ0) is 18.6. The predicted octanol–water partition coefficient (Wildman–Crippen LogP) is 2.04. The molecule has 3 heterocycles. The summed E-state index contributed by atoms with van der Waals surface area (Å²) in [7, 11) is 0. The van der Waals surface area contributed by atoms with Crippen LogP contribution in [0.2, 0.25) is 0 Å². The monoisotopic (exact) mass is 370 g/mol. The number of hydrogen-bond donors (Lipinski definition) is 4. The van der Waals surface area contributed by atoms with E-state index in [0.717, 1.165) is 30.6 Å². The lowest BCUT2D eigenvalue weighted by atomic mass is 10.0. The summed E-state index contributed by atoms with van der Waals surface area (Å²) < 4.78 is 5.49. The molecule has 1 unspecified atom stereocenters. The van der Waals surface area contributed by atoms with Crippen molar-refractivity contribution in [3.63, 3.8) is 0 Å². The van der Waals surface area contributed by atoms with E-state index in [0.29, 0.717) is 31.0 Å². The third kappa shape index (κ3) is 4.18. The number of H-pyrrole nitrogens is 1. The molecule has 0 radical (unpaired) electrons. The highest BCUT2D eigenvalue weighted by molar-refractivity contribution is 5.93. The molecule has 1 fully saturated rings. The molecule has 142 valence electrons. The molecule has 0 aromatic carbocycles. The summed E-state index contributed by atoms with van der Waals surface area (Å²) >= 11 is 0. The first-order valence-electron chi connectivity index (χ1n) is 9.18. The van der Waals surface area contributed by atoms with Crippen LogP contribution in [-0.4, -0.2) is 46.4 Å². The molecule has 2 atom stereocenters. The number of nitrogens with zero attached hydrogens (tertiary/aromatic N) is 2.